The summed E-state index contributed by atoms with van der Waals surface area (Å²) in [6.07, 6.45) is 7.67. The smallest absolute Gasteiger partial charge is 0.119 e. The molecule has 0 unspecified atom stereocenters. The Bertz CT molecular complexity index is 410. The first-order chi connectivity index (χ1) is 11.3. The first-order valence-corrected chi connectivity index (χ1v) is 9.40. The van der Waals surface area contributed by atoms with Crippen LogP contribution in [-0.4, -0.2) is 38.2 Å². The van der Waals surface area contributed by atoms with Gasteiger partial charge in [-0.15, -0.1) is 0 Å². The van der Waals surface area contributed by atoms with Gasteiger partial charge in [0, 0.05) is 6.54 Å². The number of nitrogens with zero attached hydrogens (tertiary/aromatic N) is 1. The van der Waals surface area contributed by atoms with Gasteiger partial charge in [0.25, 0.3) is 0 Å². The molecule has 3 heteroatoms. The lowest BCUT2D eigenvalue weighted by Crippen LogP contribution is -2.36. The Morgan fingerprint density at radius 3 is 2.48 bits per heavy atom. The number of benzene rings is 1. The molecule has 1 heterocycles. The van der Waals surface area contributed by atoms with Crippen LogP contribution in [0.5, 0.6) is 5.75 Å². The summed E-state index contributed by atoms with van der Waals surface area (Å²) in [5.74, 6) is 1.87. The van der Waals surface area contributed by atoms with Crippen LogP contribution in [0.25, 0.3) is 0 Å². The van der Waals surface area contributed by atoms with Crippen molar-refractivity contribution in [2.45, 2.75) is 52.0 Å². The SMILES string of the molecule is CCCCCCOc1ccc(CN2CCC(CNC)CC2)cc1. The van der Waals surface area contributed by atoms with Gasteiger partial charge < -0.3 is 10.1 Å². The third-order valence-electron chi connectivity index (χ3n) is 4.80. The van der Waals surface area contributed by atoms with Crippen LogP contribution in [0.2, 0.25) is 0 Å². The van der Waals surface area contributed by atoms with Crippen molar-refractivity contribution in [3.05, 3.63) is 29.8 Å². The van der Waals surface area contributed by atoms with Gasteiger partial charge in [-0.25, -0.2) is 0 Å². The Balaban J connectivity index is 1.67. The summed E-state index contributed by atoms with van der Waals surface area (Å²) in [6.45, 7) is 7.77. The summed E-state index contributed by atoms with van der Waals surface area (Å²) in [6, 6.07) is 8.70. The maximum atomic E-state index is 5.82. The molecule has 1 N–H and O–H groups in total. The second-order valence-corrected chi connectivity index (χ2v) is 6.83. The number of nitrogens with one attached hydrogen (secondary N) is 1. The highest BCUT2D eigenvalue weighted by Gasteiger charge is 2.18. The molecule has 0 saturated carbocycles. The number of hydrogen-bond acceptors (Lipinski definition) is 3. The minimum Gasteiger partial charge on any atom is -0.494 e. The van der Waals surface area contributed by atoms with Gasteiger partial charge in [0.1, 0.15) is 5.75 Å². The fourth-order valence-electron chi connectivity index (χ4n) is 3.31. The number of ether oxygens (including phenoxy) is 1. The van der Waals surface area contributed by atoms with E-state index in [-0.39, 0.29) is 0 Å². The summed E-state index contributed by atoms with van der Waals surface area (Å²) in [4.78, 5) is 2.58. The Kier molecular flexibility index (Phi) is 8.48. The molecule has 1 aromatic rings. The van der Waals surface area contributed by atoms with Crippen LogP contribution in [-0.2, 0) is 6.54 Å². The fourth-order valence-corrected chi connectivity index (χ4v) is 3.31. The van der Waals surface area contributed by atoms with Crippen molar-refractivity contribution in [2.24, 2.45) is 5.92 Å². The van der Waals surface area contributed by atoms with Crippen LogP contribution in [0.4, 0.5) is 0 Å². The maximum Gasteiger partial charge on any atom is 0.119 e. The molecule has 2 rings (SSSR count). The second-order valence-electron chi connectivity index (χ2n) is 6.83. The molecule has 23 heavy (non-hydrogen) atoms. The zero-order valence-electron chi connectivity index (χ0n) is 15.0. The van der Waals surface area contributed by atoms with E-state index < -0.39 is 0 Å². The molecule has 0 amide bonds. The predicted octanol–water partition coefficient (Wildman–Crippen LogP) is 4.08. The Labute approximate surface area is 142 Å². The van der Waals surface area contributed by atoms with Gasteiger partial charge in [0.05, 0.1) is 6.61 Å². The van der Waals surface area contributed by atoms with E-state index in [1.54, 1.807) is 0 Å². The number of piperidine rings is 1. The molecule has 0 aliphatic carbocycles. The average molecular weight is 319 g/mol. The minimum absolute atomic E-state index is 0.846. The lowest BCUT2D eigenvalue weighted by Gasteiger charge is -2.31. The number of hydrogen-bond donors (Lipinski definition) is 1. The first kappa shape index (κ1) is 18.3. The van der Waals surface area contributed by atoms with Gasteiger partial charge >= 0.3 is 0 Å². The zero-order valence-corrected chi connectivity index (χ0v) is 15.0. The number of unbranched alkanes of at least 4 members (excludes halogenated alkanes) is 3. The average Bonchev–Trinajstić information content (AvgIpc) is 2.58. The molecule has 0 spiro atoms. The molecule has 1 aliphatic heterocycles. The van der Waals surface area contributed by atoms with E-state index in [0.717, 1.165) is 37.8 Å². The van der Waals surface area contributed by atoms with E-state index >= 15 is 0 Å². The van der Waals surface area contributed by atoms with E-state index in [1.807, 2.05) is 0 Å². The van der Waals surface area contributed by atoms with Gasteiger partial charge in [-0.3, -0.25) is 4.90 Å². The van der Waals surface area contributed by atoms with Gasteiger partial charge in [0.15, 0.2) is 0 Å². The van der Waals surface area contributed by atoms with Crippen molar-refractivity contribution in [3.63, 3.8) is 0 Å². The van der Waals surface area contributed by atoms with Crippen molar-refractivity contribution in [1.29, 1.82) is 0 Å². The van der Waals surface area contributed by atoms with Crippen LogP contribution in [0.3, 0.4) is 0 Å². The molecule has 0 bridgehead atoms. The standard InChI is InChI=1S/C20H34N2O/c1-3-4-5-6-15-23-20-9-7-19(8-10-20)17-22-13-11-18(12-14-22)16-21-2/h7-10,18,21H,3-6,11-17H2,1-2H3. The summed E-state index contributed by atoms with van der Waals surface area (Å²) in [5.41, 5.74) is 1.40. The van der Waals surface area contributed by atoms with Gasteiger partial charge in [0.2, 0.25) is 0 Å². The summed E-state index contributed by atoms with van der Waals surface area (Å²) >= 11 is 0. The van der Waals surface area contributed by atoms with Crippen LogP contribution in [0.15, 0.2) is 24.3 Å². The Hall–Kier alpha value is -1.06. The molecule has 0 aromatic heterocycles. The Morgan fingerprint density at radius 1 is 1.09 bits per heavy atom. The van der Waals surface area contributed by atoms with Gasteiger partial charge in [-0.2, -0.15) is 0 Å². The monoisotopic (exact) mass is 318 g/mol. The molecule has 1 aliphatic rings. The molecule has 1 aromatic carbocycles. The van der Waals surface area contributed by atoms with Gasteiger partial charge in [-0.05, 0) is 69.6 Å². The minimum atomic E-state index is 0.846. The largest absolute Gasteiger partial charge is 0.494 e. The van der Waals surface area contributed by atoms with E-state index in [9.17, 15) is 0 Å². The normalized spacial score (nSPS) is 16.6. The van der Waals surface area contributed by atoms with E-state index in [2.05, 4.69) is 48.5 Å². The molecule has 3 nitrogen and oxygen atoms in total. The van der Waals surface area contributed by atoms with Crippen LogP contribution in [0, 0.1) is 5.92 Å². The molecule has 0 atom stereocenters. The number of rotatable bonds is 10. The van der Waals surface area contributed by atoms with Crippen molar-refractivity contribution in [1.82, 2.24) is 10.2 Å². The summed E-state index contributed by atoms with van der Waals surface area (Å²) in [5, 5.41) is 3.30. The fraction of sp³-hybridized carbons (Fsp3) is 0.700. The molecule has 0 radical (unpaired) electrons. The highest BCUT2D eigenvalue weighted by molar-refractivity contribution is 5.27. The highest BCUT2D eigenvalue weighted by Crippen LogP contribution is 2.20. The third kappa shape index (κ3) is 6.92. The van der Waals surface area contributed by atoms with Gasteiger partial charge in [-0.1, -0.05) is 38.3 Å². The molecule has 1 fully saturated rings. The topological polar surface area (TPSA) is 24.5 Å². The van der Waals surface area contributed by atoms with Crippen LogP contribution >= 0.6 is 0 Å². The van der Waals surface area contributed by atoms with Crippen molar-refractivity contribution in [3.8, 4) is 5.75 Å². The van der Waals surface area contributed by atoms with Crippen LogP contribution in [0.1, 0.15) is 51.0 Å². The molecule has 130 valence electrons. The van der Waals surface area contributed by atoms with Crippen molar-refractivity contribution < 1.29 is 4.74 Å². The van der Waals surface area contributed by atoms with E-state index in [1.165, 1.54) is 50.8 Å². The zero-order chi connectivity index (χ0) is 16.3. The predicted molar refractivity (Wildman–Crippen MR) is 98.0 cm³/mol. The maximum absolute atomic E-state index is 5.82. The summed E-state index contributed by atoms with van der Waals surface area (Å²) in [7, 11) is 2.06. The first-order valence-electron chi connectivity index (χ1n) is 9.40. The Morgan fingerprint density at radius 2 is 1.83 bits per heavy atom. The van der Waals surface area contributed by atoms with E-state index in [4.69, 9.17) is 4.74 Å². The lowest BCUT2D eigenvalue weighted by molar-refractivity contribution is 0.176. The van der Waals surface area contributed by atoms with Crippen molar-refractivity contribution in [2.75, 3.05) is 33.3 Å². The molecule has 1 saturated heterocycles. The molecular weight excluding hydrogens is 284 g/mol. The third-order valence-corrected chi connectivity index (χ3v) is 4.80. The van der Waals surface area contributed by atoms with Crippen LogP contribution < -0.4 is 10.1 Å². The second kappa shape index (κ2) is 10.7. The molecular formula is C20H34N2O. The summed E-state index contributed by atoms with van der Waals surface area (Å²) < 4.78 is 5.82. The lowest BCUT2D eigenvalue weighted by atomic mass is 9.96. The highest BCUT2D eigenvalue weighted by atomic mass is 16.5. The van der Waals surface area contributed by atoms with Crippen molar-refractivity contribution >= 4 is 0 Å². The van der Waals surface area contributed by atoms with E-state index in [0.29, 0.717) is 0 Å². The number of likely N-dealkylation sites (tertiary alicyclic amines) is 1. The quantitative estimate of drug-likeness (QED) is 0.658.